The Labute approximate surface area is 130 Å². The maximum atomic E-state index is 13.8. The molecule has 1 aromatic carbocycles. The summed E-state index contributed by atoms with van der Waals surface area (Å²) in [7, 11) is 0. The van der Waals surface area contributed by atoms with Crippen LogP contribution in [-0.4, -0.2) is 32.0 Å². The smallest absolute Gasteiger partial charge is 0.372 e. The first kappa shape index (κ1) is 18.4. The number of hydrogen-bond donors (Lipinski definition) is 1. The van der Waals surface area contributed by atoms with Gasteiger partial charge in [-0.2, -0.15) is 13.2 Å². The fourth-order valence-electron chi connectivity index (χ4n) is 1.93. The van der Waals surface area contributed by atoms with E-state index in [1.165, 1.54) is 6.07 Å². The standard InChI is InChI=1S/C14H18BrF4NO/c1-2-20-12(5-6-21-9-14(17,18)19)7-10-3-4-11(15)8-13(10)16/h3-4,8,12,20H,2,5-7,9H2,1H3. The van der Waals surface area contributed by atoms with E-state index in [-0.39, 0.29) is 18.5 Å². The summed E-state index contributed by atoms with van der Waals surface area (Å²) in [5.41, 5.74) is 0.528. The Balaban J connectivity index is 2.49. The Morgan fingerprint density at radius 2 is 2.05 bits per heavy atom. The number of rotatable bonds is 8. The van der Waals surface area contributed by atoms with Crippen LogP contribution in [0.25, 0.3) is 0 Å². The van der Waals surface area contributed by atoms with E-state index in [0.29, 0.717) is 29.4 Å². The molecule has 0 saturated carbocycles. The number of alkyl halides is 3. The van der Waals surface area contributed by atoms with Gasteiger partial charge in [0, 0.05) is 17.1 Å². The van der Waals surface area contributed by atoms with Crippen LogP contribution in [0.3, 0.4) is 0 Å². The molecule has 0 radical (unpaired) electrons. The molecule has 0 spiro atoms. The normalized spacial score (nSPS) is 13.4. The molecule has 7 heteroatoms. The zero-order chi connectivity index (χ0) is 15.9. The van der Waals surface area contributed by atoms with Gasteiger partial charge in [-0.25, -0.2) is 4.39 Å². The van der Waals surface area contributed by atoms with Crippen molar-refractivity contribution in [2.75, 3.05) is 19.8 Å². The molecule has 2 nitrogen and oxygen atoms in total. The van der Waals surface area contributed by atoms with Crippen LogP contribution < -0.4 is 5.32 Å². The summed E-state index contributed by atoms with van der Waals surface area (Å²) in [6.07, 6.45) is -3.52. The van der Waals surface area contributed by atoms with Crippen molar-refractivity contribution in [1.29, 1.82) is 0 Å². The Hall–Kier alpha value is -0.660. The second-order valence-electron chi connectivity index (χ2n) is 4.65. The highest BCUT2D eigenvalue weighted by Gasteiger charge is 2.27. The summed E-state index contributed by atoms with van der Waals surface area (Å²) in [4.78, 5) is 0. The quantitative estimate of drug-likeness (QED) is 0.549. The maximum absolute atomic E-state index is 13.8. The fourth-order valence-corrected chi connectivity index (χ4v) is 2.26. The highest BCUT2D eigenvalue weighted by molar-refractivity contribution is 9.10. The lowest BCUT2D eigenvalue weighted by Crippen LogP contribution is -2.33. The van der Waals surface area contributed by atoms with Gasteiger partial charge in [0.05, 0.1) is 0 Å². The third-order valence-corrected chi connectivity index (χ3v) is 3.34. The summed E-state index contributed by atoms with van der Waals surface area (Å²) in [6, 6.07) is 4.65. The third-order valence-electron chi connectivity index (χ3n) is 2.85. The lowest BCUT2D eigenvalue weighted by atomic mass is 10.0. The number of nitrogens with one attached hydrogen (secondary N) is 1. The Kier molecular flexibility index (Phi) is 7.62. The molecule has 0 heterocycles. The Bertz CT molecular complexity index is 439. The molecule has 0 aliphatic carbocycles. The first-order valence-electron chi connectivity index (χ1n) is 6.63. The van der Waals surface area contributed by atoms with E-state index in [2.05, 4.69) is 26.0 Å². The monoisotopic (exact) mass is 371 g/mol. The van der Waals surface area contributed by atoms with Gasteiger partial charge in [0.25, 0.3) is 0 Å². The van der Waals surface area contributed by atoms with Crippen molar-refractivity contribution in [3.05, 3.63) is 34.1 Å². The summed E-state index contributed by atoms with van der Waals surface area (Å²) < 4.78 is 54.9. The summed E-state index contributed by atoms with van der Waals surface area (Å²) >= 11 is 3.18. The van der Waals surface area contributed by atoms with Crippen LogP contribution in [-0.2, 0) is 11.2 Å². The van der Waals surface area contributed by atoms with Crippen LogP contribution in [0.15, 0.2) is 22.7 Å². The number of hydrogen-bond acceptors (Lipinski definition) is 2. The molecule has 0 aromatic heterocycles. The molecule has 21 heavy (non-hydrogen) atoms. The molecule has 0 saturated heterocycles. The molecular formula is C14H18BrF4NO. The third kappa shape index (κ3) is 7.78. The molecule has 120 valence electrons. The number of halogens is 5. The van der Waals surface area contributed by atoms with E-state index in [9.17, 15) is 17.6 Å². The van der Waals surface area contributed by atoms with Gasteiger partial charge in [-0.15, -0.1) is 0 Å². The van der Waals surface area contributed by atoms with Crippen LogP contribution in [0.2, 0.25) is 0 Å². The molecule has 0 aliphatic rings. The van der Waals surface area contributed by atoms with Crippen molar-refractivity contribution in [3.8, 4) is 0 Å². The van der Waals surface area contributed by atoms with E-state index in [1.54, 1.807) is 12.1 Å². The van der Waals surface area contributed by atoms with Crippen molar-refractivity contribution in [1.82, 2.24) is 5.32 Å². The second kappa shape index (κ2) is 8.70. The van der Waals surface area contributed by atoms with Crippen molar-refractivity contribution in [2.45, 2.75) is 32.0 Å². The molecule has 0 fully saturated rings. The van der Waals surface area contributed by atoms with Gasteiger partial charge in [-0.05, 0) is 37.1 Å². The predicted molar refractivity (Wildman–Crippen MR) is 76.8 cm³/mol. The largest absolute Gasteiger partial charge is 0.411 e. The van der Waals surface area contributed by atoms with E-state index in [4.69, 9.17) is 0 Å². The average molecular weight is 372 g/mol. The number of ether oxygens (including phenoxy) is 1. The molecule has 1 N–H and O–H groups in total. The maximum Gasteiger partial charge on any atom is 0.411 e. The fraction of sp³-hybridized carbons (Fsp3) is 0.571. The van der Waals surface area contributed by atoms with Gasteiger partial charge in [-0.3, -0.25) is 0 Å². The lowest BCUT2D eigenvalue weighted by Gasteiger charge is -2.18. The molecule has 1 atom stereocenters. The van der Waals surface area contributed by atoms with E-state index in [0.717, 1.165) is 0 Å². The highest BCUT2D eigenvalue weighted by Crippen LogP contribution is 2.18. The van der Waals surface area contributed by atoms with Crippen molar-refractivity contribution >= 4 is 15.9 Å². The van der Waals surface area contributed by atoms with E-state index in [1.807, 2.05) is 6.92 Å². The van der Waals surface area contributed by atoms with Crippen molar-refractivity contribution in [2.24, 2.45) is 0 Å². The summed E-state index contributed by atoms with van der Waals surface area (Å²) in [6.45, 7) is 1.28. The molecule has 0 amide bonds. The van der Waals surface area contributed by atoms with E-state index >= 15 is 0 Å². The number of benzene rings is 1. The highest BCUT2D eigenvalue weighted by atomic mass is 79.9. The minimum Gasteiger partial charge on any atom is -0.372 e. The predicted octanol–water partition coefficient (Wildman–Crippen LogP) is 4.08. The first-order chi connectivity index (χ1) is 9.81. The Morgan fingerprint density at radius 1 is 1.33 bits per heavy atom. The second-order valence-corrected chi connectivity index (χ2v) is 5.57. The van der Waals surface area contributed by atoms with Crippen molar-refractivity contribution in [3.63, 3.8) is 0 Å². The van der Waals surface area contributed by atoms with Gasteiger partial charge in [0.2, 0.25) is 0 Å². The van der Waals surface area contributed by atoms with E-state index < -0.39 is 12.8 Å². The minimum absolute atomic E-state index is 0.0185. The minimum atomic E-state index is -4.31. The molecular weight excluding hydrogens is 354 g/mol. The van der Waals surface area contributed by atoms with Gasteiger partial charge in [0.1, 0.15) is 12.4 Å². The van der Waals surface area contributed by atoms with Crippen molar-refractivity contribution < 1.29 is 22.3 Å². The summed E-state index contributed by atoms with van der Waals surface area (Å²) in [5, 5.41) is 3.13. The van der Waals surface area contributed by atoms with Crippen LogP contribution in [0, 0.1) is 5.82 Å². The first-order valence-corrected chi connectivity index (χ1v) is 7.43. The molecule has 1 rings (SSSR count). The van der Waals surface area contributed by atoms with Crippen LogP contribution in [0.5, 0.6) is 0 Å². The zero-order valence-electron chi connectivity index (χ0n) is 11.6. The van der Waals surface area contributed by atoms with Crippen LogP contribution in [0.4, 0.5) is 17.6 Å². The molecule has 1 aromatic rings. The summed E-state index contributed by atoms with van der Waals surface area (Å²) in [5.74, 6) is -0.330. The molecule has 0 bridgehead atoms. The van der Waals surface area contributed by atoms with Gasteiger partial charge in [0.15, 0.2) is 0 Å². The topological polar surface area (TPSA) is 21.3 Å². The van der Waals surface area contributed by atoms with Gasteiger partial charge in [-0.1, -0.05) is 28.9 Å². The van der Waals surface area contributed by atoms with Crippen LogP contribution >= 0.6 is 15.9 Å². The average Bonchev–Trinajstić information content (AvgIpc) is 2.36. The van der Waals surface area contributed by atoms with Gasteiger partial charge < -0.3 is 10.1 Å². The van der Waals surface area contributed by atoms with Gasteiger partial charge >= 0.3 is 6.18 Å². The Morgan fingerprint density at radius 3 is 2.62 bits per heavy atom. The zero-order valence-corrected chi connectivity index (χ0v) is 13.2. The molecule has 0 aliphatic heterocycles. The van der Waals surface area contributed by atoms with Crippen LogP contribution in [0.1, 0.15) is 18.9 Å². The number of likely N-dealkylation sites (N-methyl/N-ethyl adjacent to an activating group) is 1. The SMILES string of the molecule is CCNC(CCOCC(F)(F)F)Cc1ccc(Br)cc1F. The molecule has 1 unspecified atom stereocenters. The lowest BCUT2D eigenvalue weighted by molar-refractivity contribution is -0.174.